The predicted octanol–water partition coefficient (Wildman–Crippen LogP) is 3.53. The number of carbonyl (C=O) groups excluding carboxylic acids is 1. The SMILES string of the molecule is Cc1cn2cc(NC(=O)c3ccnc(N4CCCC(C)C4)c3)ccc2n1. The van der Waals surface area contributed by atoms with Crippen LogP contribution in [0.5, 0.6) is 0 Å². The summed E-state index contributed by atoms with van der Waals surface area (Å²) in [5.74, 6) is 1.41. The first-order chi connectivity index (χ1) is 12.6. The monoisotopic (exact) mass is 349 g/mol. The topological polar surface area (TPSA) is 62.5 Å². The largest absolute Gasteiger partial charge is 0.356 e. The number of nitrogens with zero attached hydrogens (tertiary/aromatic N) is 4. The van der Waals surface area contributed by atoms with Gasteiger partial charge in [-0.25, -0.2) is 9.97 Å². The summed E-state index contributed by atoms with van der Waals surface area (Å²) in [7, 11) is 0. The van der Waals surface area contributed by atoms with E-state index < -0.39 is 0 Å². The van der Waals surface area contributed by atoms with Gasteiger partial charge in [0, 0.05) is 37.2 Å². The smallest absolute Gasteiger partial charge is 0.255 e. The molecule has 0 radical (unpaired) electrons. The van der Waals surface area contributed by atoms with Crippen molar-refractivity contribution in [2.24, 2.45) is 5.92 Å². The average molecular weight is 349 g/mol. The molecule has 134 valence electrons. The Morgan fingerprint density at radius 2 is 2.15 bits per heavy atom. The lowest BCUT2D eigenvalue weighted by molar-refractivity contribution is 0.102. The molecule has 6 heteroatoms. The molecule has 1 unspecified atom stereocenters. The number of rotatable bonds is 3. The minimum atomic E-state index is -0.130. The zero-order valence-corrected chi connectivity index (χ0v) is 15.1. The van der Waals surface area contributed by atoms with Crippen molar-refractivity contribution in [3.63, 3.8) is 0 Å². The van der Waals surface area contributed by atoms with Gasteiger partial charge in [0.1, 0.15) is 11.5 Å². The van der Waals surface area contributed by atoms with E-state index in [1.165, 1.54) is 12.8 Å². The van der Waals surface area contributed by atoms with E-state index in [4.69, 9.17) is 0 Å². The highest BCUT2D eigenvalue weighted by molar-refractivity contribution is 6.04. The minimum absolute atomic E-state index is 0.130. The number of nitrogens with one attached hydrogen (secondary N) is 1. The van der Waals surface area contributed by atoms with E-state index in [9.17, 15) is 4.79 Å². The number of fused-ring (bicyclic) bond motifs is 1. The molecule has 4 heterocycles. The van der Waals surface area contributed by atoms with Crippen LogP contribution in [-0.4, -0.2) is 33.4 Å². The first-order valence-corrected chi connectivity index (χ1v) is 9.06. The molecule has 0 bridgehead atoms. The van der Waals surface area contributed by atoms with Crippen LogP contribution in [0.2, 0.25) is 0 Å². The molecule has 1 fully saturated rings. The summed E-state index contributed by atoms with van der Waals surface area (Å²) in [6, 6.07) is 7.41. The number of anilines is 2. The van der Waals surface area contributed by atoms with Crippen molar-refractivity contribution in [2.75, 3.05) is 23.3 Å². The van der Waals surface area contributed by atoms with Crippen LogP contribution >= 0.6 is 0 Å². The van der Waals surface area contributed by atoms with Gasteiger partial charge in [-0.2, -0.15) is 0 Å². The molecule has 3 aromatic heterocycles. The summed E-state index contributed by atoms with van der Waals surface area (Å²) in [5.41, 5.74) is 3.17. The van der Waals surface area contributed by atoms with E-state index in [-0.39, 0.29) is 5.91 Å². The van der Waals surface area contributed by atoms with Crippen molar-refractivity contribution in [3.05, 3.63) is 54.1 Å². The van der Waals surface area contributed by atoms with Crippen LogP contribution in [-0.2, 0) is 0 Å². The second kappa shape index (κ2) is 6.78. The van der Waals surface area contributed by atoms with Crippen molar-refractivity contribution in [3.8, 4) is 0 Å². The number of imidazole rings is 1. The number of piperidine rings is 1. The van der Waals surface area contributed by atoms with Crippen LogP contribution in [0.25, 0.3) is 5.65 Å². The van der Waals surface area contributed by atoms with Crippen molar-refractivity contribution >= 4 is 23.1 Å². The third-order valence-corrected chi connectivity index (χ3v) is 4.82. The Labute approximate surface area is 152 Å². The van der Waals surface area contributed by atoms with Gasteiger partial charge in [0.25, 0.3) is 5.91 Å². The van der Waals surface area contributed by atoms with Crippen molar-refractivity contribution in [1.82, 2.24) is 14.4 Å². The second-order valence-corrected chi connectivity index (χ2v) is 7.12. The van der Waals surface area contributed by atoms with Gasteiger partial charge >= 0.3 is 0 Å². The van der Waals surface area contributed by atoms with Crippen LogP contribution in [0.15, 0.2) is 42.9 Å². The molecule has 6 nitrogen and oxygen atoms in total. The van der Waals surface area contributed by atoms with Crippen LogP contribution < -0.4 is 10.2 Å². The van der Waals surface area contributed by atoms with Gasteiger partial charge in [0.2, 0.25) is 0 Å². The molecular weight excluding hydrogens is 326 g/mol. The van der Waals surface area contributed by atoms with E-state index in [0.29, 0.717) is 11.5 Å². The number of aromatic nitrogens is 3. The highest BCUT2D eigenvalue weighted by atomic mass is 16.1. The van der Waals surface area contributed by atoms with Crippen LogP contribution in [0, 0.1) is 12.8 Å². The summed E-state index contributed by atoms with van der Waals surface area (Å²) in [5, 5.41) is 2.96. The standard InChI is InChI=1S/C20H23N5O/c1-14-4-3-9-24(11-14)19-10-16(7-8-21-19)20(26)23-17-5-6-18-22-15(2)12-25(18)13-17/h5-8,10,12-14H,3-4,9,11H2,1-2H3,(H,23,26). The predicted molar refractivity (Wildman–Crippen MR) is 103 cm³/mol. The molecule has 1 aliphatic rings. The third-order valence-electron chi connectivity index (χ3n) is 4.82. The van der Waals surface area contributed by atoms with Gasteiger partial charge in [-0.1, -0.05) is 6.92 Å². The zero-order chi connectivity index (χ0) is 18.1. The Morgan fingerprint density at radius 1 is 1.27 bits per heavy atom. The van der Waals surface area contributed by atoms with E-state index in [1.807, 2.05) is 41.9 Å². The molecule has 3 aromatic rings. The number of aryl methyl sites for hydroxylation is 1. The molecule has 0 aliphatic carbocycles. The van der Waals surface area contributed by atoms with E-state index in [1.54, 1.807) is 12.3 Å². The molecule has 4 rings (SSSR count). The van der Waals surface area contributed by atoms with Gasteiger partial charge in [-0.15, -0.1) is 0 Å². The van der Waals surface area contributed by atoms with Crippen molar-refractivity contribution in [2.45, 2.75) is 26.7 Å². The van der Waals surface area contributed by atoms with Gasteiger partial charge in [0.05, 0.1) is 11.4 Å². The maximum absolute atomic E-state index is 12.7. The maximum atomic E-state index is 12.7. The number of carbonyl (C=O) groups is 1. The normalized spacial score (nSPS) is 17.5. The zero-order valence-electron chi connectivity index (χ0n) is 15.1. The van der Waals surface area contributed by atoms with Crippen molar-refractivity contribution < 1.29 is 4.79 Å². The number of amides is 1. The molecule has 0 spiro atoms. The molecule has 1 saturated heterocycles. The summed E-state index contributed by atoms with van der Waals surface area (Å²) < 4.78 is 1.91. The molecule has 1 aliphatic heterocycles. The average Bonchev–Trinajstić information content (AvgIpc) is 3.01. The van der Waals surface area contributed by atoms with Gasteiger partial charge in [-0.05, 0) is 49.9 Å². The molecule has 26 heavy (non-hydrogen) atoms. The maximum Gasteiger partial charge on any atom is 0.255 e. The van der Waals surface area contributed by atoms with E-state index in [2.05, 4.69) is 27.1 Å². The highest BCUT2D eigenvalue weighted by Crippen LogP contribution is 2.22. The van der Waals surface area contributed by atoms with Crippen LogP contribution in [0.3, 0.4) is 0 Å². The fourth-order valence-corrected chi connectivity index (χ4v) is 3.53. The fraction of sp³-hybridized carbons (Fsp3) is 0.350. The Kier molecular flexibility index (Phi) is 4.32. The van der Waals surface area contributed by atoms with Gasteiger partial charge < -0.3 is 14.6 Å². The Balaban J connectivity index is 1.52. The molecule has 1 atom stereocenters. The number of hydrogen-bond acceptors (Lipinski definition) is 4. The minimum Gasteiger partial charge on any atom is -0.356 e. The highest BCUT2D eigenvalue weighted by Gasteiger charge is 2.18. The lowest BCUT2D eigenvalue weighted by atomic mass is 10.0. The first kappa shape index (κ1) is 16.6. The van der Waals surface area contributed by atoms with E-state index >= 15 is 0 Å². The lowest BCUT2D eigenvalue weighted by Crippen LogP contribution is -2.34. The fourth-order valence-electron chi connectivity index (χ4n) is 3.53. The molecule has 1 N–H and O–H groups in total. The Hall–Kier alpha value is -2.89. The summed E-state index contributed by atoms with van der Waals surface area (Å²) in [6.45, 7) is 6.20. The molecule has 0 aromatic carbocycles. The molecule has 1 amide bonds. The number of hydrogen-bond donors (Lipinski definition) is 1. The lowest BCUT2D eigenvalue weighted by Gasteiger charge is -2.31. The van der Waals surface area contributed by atoms with E-state index in [0.717, 1.165) is 35.9 Å². The molecular formula is C20H23N5O. The van der Waals surface area contributed by atoms with Gasteiger partial charge in [-0.3, -0.25) is 4.79 Å². The van der Waals surface area contributed by atoms with Crippen molar-refractivity contribution in [1.29, 1.82) is 0 Å². The third kappa shape index (κ3) is 3.40. The van der Waals surface area contributed by atoms with Crippen LogP contribution in [0.4, 0.5) is 11.5 Å². The summed E-state index contributed by atoms with van der Waals surface area (Å²) >= 11 is 0. The first-order valence-electron chi connectivity index (χ1n) is 9.06. The second-order valence-electron chi connectivity index (χ2n) is 7.12. The quantitative estimate of drug-likeness (QED) is 0.786. The Morgan fingerprint density at radius 3 is 3.00 bits per heavy atom. The molecule has 0 saturated carbocycles. The summed E-state index contributed by atoms with van der Waals surface area (Å²) in [4.78, 5) is 23.8. The number of pyridine rings is 2. The summed E-state index contributed by atoms with van der Waals surface area (Å²) in [6.07, 6.45) is 7.96. The van der Waals surface area contributed by atoms with Crippen LogP contribution in [0.1, 0.15) is 35.8 Å². The van der Waals surface area contributed by atoms with Gasteiger partial charge in [0.15, 0.2) is 0 Å². The Bertz CT molecular complexity index is 948.